The number of fused-ring (bicyclic) bond motifs is 1. The van der Waals surface area contributed by atoms with Crippen LogP contribution in [0.25, 0.3) is 11.2 Å². The van der Waals surface area contributed by atoms with Crippen LogP contribution < -0.4 is 11.2 Å². The number of rotatable bonds is 19. The Labute approximate surface area is 221 Å². The van der Waals surface area contributed by atoms with E-state index in [1.54, 1.807) is 36.8 Å². The SMILES string of the molecule is CCCCCCCCN(CC(O)CCCCCCCCCn1c(=O)c2c(ncn2C)n(C)c1=O)C(C)=O. The van der Waals surface area contributed by atoms with Crippen molar-refractivity contribution in [3.05, 3.63) is 27.2 Å². The highest BCUT2D eigenvalue weighted by Gasteiger charge is 2.15. The Hall–Kier alpha value is -2.42. The van der Waals surface area contributed by atoms with Crippen molar-refractivity contribution < 1.29 is 9.90 Å². The zero-order valence-corrected chi connectivity index (χ0v) is 23.6. The number of amides is 1. The quantitative estimate of drug-likeness (QED) is 0.281. The van der Waals surface area contributed by atoms with Crippen LogP contribution in [0.1, 0.15) is 104 Å². The summed E-state index contributed by atoms with van der Waals surface area (Å²) in [5.41, 5.74) is 0.292. The summed E-state index contributed by atoms with van der Waals surface area (Å²) in [4.78, 5) is 43.2. The number of aryl methyl sites for hydroxylation is 2. The van der Waals surface area contributed by atoms with Gasteiger partial charge in [0.1, 0.15) is 0 Å². The molecule has 1 N–H and O–H groups in total. The molecule has 0 spiro atoms. The summed E-state index contributed by atoms with van der Waals surface area (Å²) in [6.07, 6.45) is 16.0. The zero-order chi connectivity index (χ0) is 27.2. The van der Waals surface area contributed by atoms with E-state index in [0.717, 1.165) is 70.8 Å². The van der Waals surface area contributed by atoms with Gasteiger partial charge in [-0.3, -0.25) is 18.7 Å². The molecule has 1 amide bonds. The number of unbranched alkanes of at least 4 members (excludes halogenated alkanes) is 11. The molecule has 210 valence electrons. The van der Waals surface area contributed by atoms with Crippen LogP contribution in [0.5, 0.6) is 0 Å². The van der Waals surface area contributed by atoms with Gasteiger partial charge in [0.05, 0.1) is 12.4 Å². The van der Waals surface area contributed by atoms with Crippen molar-refractivity contribution >= 4 is 17.1 Å². The normalized spacial score (nSPS) is 12.4. The third-order valence-electron chi connectivity index (χ3n) is 7.28. The molecule has 0 saturated carbocycles. The van der Waals surface area contributed by atoms with E-state index < -0.39 is 6.10 Å². The Kier molecular flexibility index (Phi) is 13.7. The lowest BCUT2D eigenvalue weighted by Gasteiger charge is -2.24. The van der Waals surface area contributed by atoms with Crippen LogP contribution in [0.3, 0.4) is 0 Å². The van der Waals surface area contributed by atoms with E-state index in [4.69, 9.17) is 0 Å². The topological polar surface area (TPSA) is 102 Å². The number of aliphatic hydroxyl groups is 1. The predicted octanol–water partition coefficient (Wildman–Crippen LogP) is 4.12. The molecule has 2 aromatic heterocycles. The maximum Gasteiger partial charge on any atom is 0.332 e. The van der Waals surface area contributed by atoms with Crippen LogP contribution in [-0.4, -0.2) is 53.8 Å². The smallest absolute Gasteiger partial charge is 0.332 e. The average molecular weight is 520 g/mol. The molecule has 1 atom stereocenters. The predicted molar refractivity (Wildman–Crippen MR) is 149 cm³/mol. The number of nitrogens with zero attached hydrogens (tertiary/aromatic N) is 5. The second-order valence-electron chi connectivity index (χ2n) is 10.5. The monoisotopic (exact) mass is 519 g/mol. The minimum absolute atomic E-state index is 0.0490. The van der Waals surface area contributed by atoms with Crippen LogP contribution in [0.4, 0.5) is 0 Å². The second-order valence-corrected chi connectivity index (χ2v) is 10.5. The van der Waals surface area contributed by atoms with Gasteiger partial charge in [0, 0.05) is 40.7 Å². The lowest BCUT2D eigenvalue weighted by molar-refractivity contribution is -0.130. The van der Waals surface area contributed by atoms with E-state index in [1.165, 1.54) is 34.8 Å². The van der Waals surface area contributed by atoms with Crippen molar-refractivity contribution in [1.82, 2.24) is 23.6 Å². The van der Waals surface area contributed by atoms with E-state index in [9.17, 15) is 19.5 Å². The molecular weight excluding hydrogens is 470 g/mol. The number of carbonyl (C=O) groups is 1. The number of hydrogen-bond donors (Lipinski definition) is 1. The summed E-state index contributed by atoms with van der Waals surface area (Å²) in [5.74, 6) is 0.0490. The highest BCUT2D eigenvalue weighted by atomic mass is 16.3. The summed E-state index contributed by atoms with van der Waals surface area (Å²) in [6.45, 7) is 5.40. The van der Waals surface area contributed by atoms with Crippen molar-refractivity contribution in [1.29, 1.82) is 0 Å². The minimum atomic E-state index is -0.457. The van der Waals surface area contributed by atoms with Gasteiger partial charge in [-0.2, -0.15) is 0 Å². The third kappa shape index (κ3) is 9.76. The molecule has 0 aliphatic heterocycles. The molecule has 37 heavy (non-hydrogen) atoms. The van der Waals surface area contributed by atoms with Gasteiger partial charge in [-0.1, -0.05) is 77.6 Å². The Morgan fingerprint density at radius 3 is 2.19 bits per heavy atom. The first-order valence-corrected chi connectivity index (χ1v) is 14.3. The zero-order valence-electron chi connectivity index (χ0n) is 23.6. The summed E-state index contributed by atoms with van der Waals surface area (Å²) in [5, 5.41) is 10.4. The Bertz CT molecular complexity index is 1070. The van der Waals surface area contributed by atoms with E-state index in [1.807, 2.05) is 0 Å². The lowest BCUT2D eigenvalue weighted by atomic mass is 10.1. The van der Waals surface area contributed by atoms with Crippen molar-refractivity contribution in [3.8, 4) is 0 Å². The van der Waals surface area contributed by atoms with Crippen LogP contribution in [-0.2, 0) is 25.4 Å². The summed E-state index contributed by atoms with van der Waals surface area (Å²) < 4.78 is 4.43. The largest absolute Gasteiger partial charge is 0.391 e. The lowest BCUT2D eigenvalue weighted by Crippen LogP contribution is -2.39. The molecule has 0 radical (unpaired) electrons. The van der Waals surface area contributed by atoms with Gasteiger partial charge < -0.3 is 14.6 Å². The van der Waals surface area contributed by atoms with Gasteiger partial charge in [0.15, 0.2) is 11.2 Å². The number of aliphatic hydroxyl groups excluding tert-OH is 1. The van der Waals surface area contributed by atoms with Gasteiger partial charge in [-0.15, -0.1) is 0 Å². The van der Waals surface area contributed by atoms with Gasteiger partial charge in [0.25, 0.3) is 5.56 Å². The van der Waals surface area contributed by atoms with Crippen molar-refractivity contribution in [3.63, 3.8) is 0 Å². The van der Waals surface area contributed by atoms with E-state index in [2.05, 4.69) is 11.9 Å². The van der Waals surface area contributed by atoms with Gasteiger partial charge in [0.2, 0.25) is 5.91 Å². The van der Waals surface area contributed by atoms with Gasteiger partial charge >= 0.3 is 5.69 Å². The fraction of sp³-hybridized carbons (Fsp3) is 0.786. The highest BCUT2D eigenvalue weighted by molar-refractivity contribution is 5.73. The third-order valence-corrected chi connectivity index (χ3v) is 7.28. The molecular formula is C28H49N5O4. The van der Waals surface area contributed by atoms with E-state index >= 15 is 0 Å². The summed E-state index contributed by atoms with van der Waals surface area (Å²) in [6, 6.07) is 0. The number of imidazole rings is 1. The van der Waals surface area contributed by atoms with Gasteiger partial charge in [-0.05, 0) is 19.3 Å². The number of hydrogen-bond acceptors (Lipinski definition) is 5. The van der Waals surface area contributed by atoms with Crippen molar-refractivity contribution in [2.75, 3.05) is 13.1 Å². The molecule has 0 fully saturated rings. The van der Waals surface area contributed by atoms with E-state index in [0.29, 0.717) is 24.3 Å². The van der Waals surface area contributed by atoms with Crippen LogP contribution in [0.2, 0.25) is 0 Å². The maximum atomic E-state index is 12.7. The maximum absolute atomic E-state index is 12.7. The van der Waals surface area contributed by atoms with Crippen molar-refractivity contribution in [2.45, 2.75) is 116 Å². The molecule has 0 bridgehead atoms. The first-order valence-electron chi connectivity index (χ1n) is 14.3. The standard InChI is InChI=1S/C28H49N5O4/c1-5-6-7-8-13-16-19-32(23(2)34)21-24(35)18-15-12-10-9-11-14-17-20-33-27(36)25-26(29-22-30(25)3)31(4)28(33)37/h22,24,35H,5-21H2,1-4H3. The molecule has 0 aromatic carbocycles. The molecule has 9 nitrogen and oxygen atoms in total. The van der Waals surface area contributed by atoms with Gasteiger partial charge in [-0.25, -0.2) is 9.78 Å². The first kappa shape index (κ1) is 30.8. The van der Waals surface area contributed by atoms with Crippen LogP contribution in [0.15, 0.2) is 15.9 Å². The van der Waals surface area contributed by atoms with Crippen molar-refractivity contribution in [2.24, 2.45) is 14.1 Å². The Morgan fingerprint density at radius 2 is 1.54 bits per heavy atom. The second kappa shape index (κ2) is 16.4. The fourth-order valence-electron chi connectivity index (χ4n) is 4.93. The number of aromatic nitrogens is 4. The number of carbonyl (C=O) groups excluding carboxylic acids is 1. The molecule has 1 unspecified atom stereocenters. The average Bonchev–Trinajstić information content (AvgIpc) is 3.26. The summed E-state index contributed by atoms with van der Waals surface area (Å²) in [7, 11) is 3.41. The van der Waals surface area contributed by atoms with Crippen LogP contribution in [0, 0.1) is 0 Å². The molecule has 0 aliphatic carbocycles. The molecule has 0 saturated heterocycles. The molecule has 0 aliphatic rings. The molecule has 2 rings (SSSR count). The van der Waals surface area contributed by atoms with Crippen LogP contribution >= 0.6 is 0 Å². The highest BCUT2D eigenvalue weighted by Crippen LogP contribution is 2.12. The fourth-order valence-corrected chi connectivity index (χ4v) is 4.93. The summed E-state index contributed by atoms with van der Waals surface area (Å²) >= 11 is 0. The molecule has 2 aromatic rings. The van der Waals surface area contributed by atoms with E-state index in [-0.39, 0.29) is 17.2 Å². The Balaban J connectivity index is 1.58. The molecule has 2 heterocycles. The minimum Gasteiger partial charge on any atom is -0.391 e. The molecule has 9 heteroatoms. The Morgan fingerprint density at radius 1 is 0.946 bits per heavy atom. The first-order chi connectivity index (χ1) is 17.8.